The first-order valence-corrected chi connectivity index (χ1v) is 19.0. The summed E-state index contributed by atoms with van der Waals surface area (Å²) in [7, 11) is 0. The Morgan fingerprint density at radius 3 is 1.65 bits per heavy atom. The zero-order valence-electron chi connectivity index (χ0n) is 35.7. The van der Waals surface area contributed by atoms with Crippen molar-refractivity contribution in [3.8, 4) is 39.1 Å². The van der Waals surface area contributed by atoms with E-state index in [1.807, 2.05) is 83.4 Å². The number of para-hydroxylation sites is 4. The maximum Gasteiger partial charge on any atom is 0.143 e. The Morgan fingerprint density at radius 2 is 0.982 bits per heavy atom. The van der Waals surface area contributed by atoms with Crippen LogP contribution >= 0.6 is 0 Å². The largest absolute Gasteiger partial charge is 0.455 e. The van der Waals surface area contributed by atoms with Gasteiger partial charge in [-0.05, 0) is 82.9 Å². The molecule has 0 saturated carbocycles. The Hall–Kier alpha value is -7.62. The molecule has 2 aromatic heterocycles. The van der Waals surface area contributed by atoms with Crippen LogP contribution in [0.4, 0.5) is 17.1 Å². The van der Waals surface area contributed by atoms with E-state index in [9.17, 15) is 0 Å². The highest BCUT2D eigenvalue weighted by atomic mass is 16.3. The van der Waals surface area contributed by atoms with E-state index < -0.39 is 6.04 Å². The lowest BCUT2D eigenvalue weighted by Crippen LogP contribution is -2.11. The Morgan fingerprint density at radius 1 is 0.421 bits per heavy atom. The summed E-state index contributed by atoms with van der Waals surface area (Å²) >= 11 is 0. The smallest absolute Gasteiger partial charge is 0.143 e. The Bertz CT molecular complexity index is 3400. The van der Waals surface area contributed by atoms with Gasteiger partial charge in [0.2, 0.25) is 0 Å². The van der Waals surface area contributed by atoms with Crippen LogP contribution in [0.3, 0.4) is 0 Å². The molecule has 0 unspecified atom stereocenters. The van der Waals surface area contributed by atoms with Crippen LogP contribution in [0.5, 0.6) is 0 Å². The molecule has 0 fully saturated rings. The molecule has 0 N–H and O–H groups in total. The molecule has 0 aliphatic heterocycles. The lowest BCUT2D eigenvalue weighted by molar-refractivity contribution is 0.670. The first-order valence-electron chi connectivity index (χ1n) is 21.5. The summed E-state index contributed by atoms with van der Waals surface area (Å²) < 4.78 is 52.6. The van der Waals surface area contributed by atoms with Crippen molar-refractivity contribution in [3.05, 3.63) is 218 Å². The number of rotatable bonds is 7. The molecule has 2 heterocycles. The topological polar surface area (TPSA) is 21.3 Å². The molecule has 0 bridgehead atoms. The fourth-order valence-corrected chi connectivity index (χ4v) is 8.25. The van der Waals surface area contributed by atoms with Crippen LogP contribution < -0.4 is 4.90 Å². The maximum atomic E-state index is 9.16. The maximum absolute atomic E-state index is 9.16. The highest BCUT2D eigenvalue weighted by Gasteiger charge is 2.24. The highest BCUT2D eigenvalue weighted by molar-refractivity contribution is 6.16. The van der Waals surface area contributed by atoms with Crippen molar-refractivity contribution in [2.24, 2.45) is 0 Å². The van der Waals surface area contributed by atoms with Crippen molar-refractivity contribution >= 4 is 60.8 Å². The van der Waals surface area contributed by atoms with E-state index in [4.69, 9.17) is 11.3 Å². The molecule has 0 radical (unpaired) electrons. The van der Waals surface area contributed by atoms with Gasteiger partial charge >= 0.3 is 0 Å². The molecule has 0 amide bonds. The molecule has 268 valence electrons. The van der Waals surface area contributed by atoms with E-state index in [1.165, 1.54) is 0 Å². The van der Waals surface area contributed by atoms with E-state index in [1.54, 1.807) is 0 Å². The average molecular weight is 734 g/mol. The number of nitrogens with zero attached hydrogens (tertiary/aromatic N) is 2. The molecule has 11 aromatic rings. The van der Waals surface area contributed by atoms with Crippen LogP contribution in [-0.2, 0) is 0 Å². The molecule has 57 heavy (non-hydrogen) atoms. The van der Waals surface area contributed by atoms with Crippen LogP contribution in [-0.4, -0.2) is 4.57 Å². The van der Waals surface area contributed by atoms with Crippen LogP contribution in [0.1, 0.15) is 6.85 Å². The molecule has 9 aromatic carbocycles. The molecule has 0 spiro atoms. The van der Waals surface area contributed by atoms with Gasteiger partial charge in [-0.1, -0.05) is 158 Å². The van der Waals surface area contributed by atoms with Crippen molar-refractivity contribution in [2.75, 3.05) is 4.90 Å². The van der Waals surface area contributed by atoms with Crippen LogP contribution in [0.2, 0.25) is 0 Å². The number of anilines is 3. The summed E-state index contributed by atoms with van der Waals surface area (Å²) in [5, 5.41) is 3.76. The quantitative estimate of drug-likeness (QED) is 0.163. The van der Waals surface area contributed by atoms with Crippen molar-refractivity contribution < 1.29 is 11.3 Å². The molecule has 0 atom stereocenters. The minimum absolute atomic E-state index is 0.0891. The summed E-state index contributed by atoms with van der Waals surface area (Å²) in [5.74, 6) is 0. The van der Waals surface area contributed by atoms with Gasteiger partial charge < -0.3 is 13.9 Å². The lowest BCUT2D eigenvalue weighted by atomic mass is 9.96. The second-order valence-electron chi connectivity index (χ2n) is 14.2. The van der Waals surface area contributed by atoms with E-state index in [0.717, 1.165) is 88.7 Å². The lowest BCUT2D eigenvalue weighted by Gasteiger charge is -2.29. The van der Waals surface area contributed by atoms with Gasteiger partial charge in [-0.2, -0.15) is 0 Å². The zero-order chi connectivity index (χ0) is 42.1. The predicted molar refractivity (Wildman–Crippen MR) is 239 cm³/mol. The first kappa shape index (κ1) is 27.9. The standard InChI is InChI=1S/C54H36N2O/c1-4-15-37(16-5-1)39-27-31-42(32-28-39)55(43-33-29-40(30-34-43)38-17-6-2-7-18-38)51-36-52-48(44-21-10-12-25-50(44)56(52)41-19-8-3-9-20-41)35-49(51)47-24-14-23-46-45-22-11-13-26-53(45)57-54(46)47/h1-36H/i3D,8D,9D,19D,20D. The van der Waals surface area contributed by atoms with Gasteiger partial charge in [0.25, 0.3) is 0 Å². The van der Waals surface area contributed by atoms with E-state index in [2.05, 4.69) is 114 Å². The monoisotopic (exact) mass is 733 g/mol. The van der Waals surface area contributed by atoms with Crippen molar-refractivity contribution in [3.63, 3.8) is 0 Å². The van der Waals surface area contributed by atoms with Crippen molar-refractivity contribution in [2.45, 2.75) is 0 Å². The highest BCUT2D eigenvalue weighted by Crippen LogP contribution is 2.48. The van der Waals surface area contributed by atoms with Crippen molar-refractivity contribution in [1.29, 1.82) is 0 Å². The molecule has 0 saturated heterocycles. The molecule has 0 aliphatic rings. The van der Waals surface area contributed by atoms with Gasteiger partial charge in [-0.3, -0.25) is 0 Å². The molecule has 3 nitrogen and oxygen atoms in total. The SMILES string of the molecule is [2H]c1c([2H])c([2H])c(-n2c3ccccc3c3cc(-c4cccc5c4oc4ccccc45)c(N(c4ccc(-c5ccccc5)cc4)c4ccc(-c5ccccc5)cc4)cc32)c([2H])c1[2H]. The number of fused-ring (bicyclic) bond motifs is 6. The third kappa shape index (κ3) is 5.60. The fraction of sp³-hybridized carbons (Fsp3) is 0. The summed E-state index contributed by atoms with van der Waals surface area (Å²) in [6.07, 6.45) is 0. The number of benzene rings is 9. The van der Waals surface area contributed by atoms with Gasteiger partial charge in [0.05, 0.1) is 23.6 Å². The summed E-state index contributed by atoms with van der Waals surface area (Å²) in [6.45, 7) is 0. The van der Waals surface area contributed by atoms with E-state index in [0.29, 0.717) is 5.52 Å². The third-order valence-electron chi connectivity index (χ3n) is 10.9. The number of furan rings is 1. The molecular formula is C54H36N2O. The fourth-order valence-electron chi connectivity index (χ4n) is 8.25. The predicted octanol–water partition coefficient (Wildman–Crippen LogP) is 15.2. The summed E-state index contributed by atoms with van der Waals surface area (Å²) in [6, 6.07) is 62.4. The first-order chi connectivity index (χ1) is 30.4. The number of hydrogen-bond donors (Lipinski definition) is 0. The zero-order valence-corrected chi connectivity index (χ0v) is 30.7. The van der Waals surface area contributed by atoms with E-state index in [-0.39, 0.29) is 29.9 Å². The van der Waals surface area contributed by atoms with Crippen LogP contribution in [0.15, 0.2) is 223 Å². The van der Waals surface area contributed by atoms with Gasteiger partial charge in [-0.25, -0.2) is 0 Å². The Balaban J connectivity index is 1.26. The molecule has 3 heteroatoms. The van der Waals surface area contributed by atoms with Crippen LogP contribution in [0, 0.1) is 0 Å². The normalized spacial score (nSPS) is 12.7. The molecule has 11 rings (SSSR count). The molecular weight excluding hydrogens is 693 g/mol. The summed E-state index contributed by atoms with van der Waals surface area (Å²) in [4.78, 5) is 2.24. The number of hydrogen-bond acceptors (Lipinski definition) is 2. The van der Waals surface area contributed by atoms with Gasteiger partial charge in [-0.15, -0.1) is 0 Å². The summed E-state index contributed by atoms with van der Waals surface area (Å²) in [5.41, 5.74) is 11.8. The minimum Gasteiger partial charge on any atom is -0.455 e. The van der Waals surface area contributed by atoms with Crippen molar-refractivity contribution in [1.82, 2.24) is 4.57 Å². The average Bonchev–Trinajstić information content (AvgIpc) is 3.87. The second-order valence-corrected chi connectivity index (χ2v) is 14.2. The van der Waals surface area contributed by atoms with E-state index >= 15 is 0 Å². The van der Waals surface area contributed by atoms with Gasteiger partial charge in [0.1, 0.15) is 11.2 Å². The van der Waals surface area contributed by atoms with Gasteiger partial charge in [0.15, 0.2) is 0 Å². The third-order valence-corrected chi connectivity index (χ3v) is 10.9. The molecule has 0 aliphatic carbocycles. The Kier molecular flexibility index (Phi) is 6.65. The second kappa shape index (κ2) is 13.6. The Labute approximate surface area is 337 Å². The van der Waals surface area contributed by atoms with Gasteiger partial charge in [0, 0.05) is 49.7 Å². The minimum atomic E-state index is -0.435. The van der Waals surface area contributed by atoms with Crippen LogP contribution in [0.25, 0.3) is 82.8 Å². The number of aromatic nitrogens is 1.